The molecule has 2 aromatic rings. The maximum atomic E-state index is 9.10. The first kappa shape index (κ1) is 17.3. The fourth-order valence-electron chi connectivity index (χ4n) is 1.94. The monoisotopic (exact) mass is 323 g/mol. The van der Waals surface area contributed by atoms with Crippen LogP contribution in [0.2, 0.25) is 0 Å². The number of hydrogen-bond acceptors (Lipinski definition) is 4. The molecule has 1 heterocycles. The first-order valence-electron chi connectivity index (χ1n) is 6.57. The van der Waals surface area contributed by atoms with Crippen LogP contribution in [0.25, 0.3) is 0 Å². The minimum Gasteiger partial charge on any atom is -0.494 e. The van der Waals surface area contributed by atoms with Gasteiger partial charge in [-0.25, -0.2) is 4.99 Å². The van der Waals surface area contributed by atoms with Gasteiger partial charge in [-0.15, -0.1) is 12.4 Å². The fourth-order valence-corrected chi connectivity index (χ4v) is 2.95. The Balaban J connectivity index is 0.00000220. The lowest BCUT2D eigenvalue weighted by molar-refractivity contribution is 0.340. The van der Waals surface area contributed by atoms with Gasteiger partial charge in [-0.3, -0.25) is 0 Å². The maximum Gasteiger partial charge on any atom is 0.191 e. The van der Waals surface area contributed by atoms with Crippen LogP contribution in [0.3, 0.4) is 0 Å². The molecule has 112 valence electrons. The lowest BCUT2D eigenvalue weighted by Crippen LogP contribution is -2.14. The Bertz CT molecular complexity index is 695. The minimum atomic E-state index is 0. The van der Waals surface area contributed by atoms with Gasteiger partial charge >= 0.3 is 0 Å². The smallest absolute Gasteiger partial charge is 0.191 e. The van der Waals surface area contributed by atoms with E-state index in [9.17, 15) is 0 Å². The molecule has 0 aliphatic rings. The standard InChI is InChI=1S/C15H17N3OS.ClH/c1-4-18-11(3)14(10-16)20-15(18)17-12-6-8-13(9-7-12)19-5-2;/h6-9H,4-5H2,1-3H3;1H/b17-15+;. The summed E-state index contributed by atoms with van der Waals surface area (Å²) in [6.07, 6.45) is 0. The summed E-state index contributed by atoms with van der Waals surface area (Å²) in [4.78, 5) is 6.19. The number of rotatable bonds is 4. The molecule has 6 heteroatoms. The number of hydrogen-bond donors (Lipinski definition) is 0. The van der Waals surface area contributed by atoms with Gasteiger partial charge in [0.25, 0.3) is 0 Å². The van der Waals surface area contributed by atoms with Crippen LogP contribution in [0.4, 0.5) is 5.69 Å². The number of nitriles is 1. The van der Waals surface area contributed by atoms with Crippen LogP contribution in [0.5, 0.6) is 5.75 Å². The van der Waals surface area contributed by atoms with Gasteiger partial charge in [0.2, 0.25) is 0 Å². The zero-order chi connectivity index (χ0) is 14.5. The third-order valence-corrected chi connectivity index (χ3v) is 4.03. The predicted octanol–water partition coefficient (Wildman–Crippen LogP) is 3.80. The van der Waals surface area contributed by atoms with Crippen molar-refractivity contribution in [2.45, 2.75) is 27.3 Å². The summed E-state index contributed by atoms with van der Waals surface area (Å²) in [5.41, 5.74) is 1.84. The molecule has 0 spiro atoms. The quantitative estimate of drug-likeness (QED) is 0.859. The Morgan fingerprint density at radius 1 is 1.29 bits per heavy atom. The van der Waals surface area contributed by atoms with E-state index in [1.165, 1.54) is 11.3 Å². The molecule has 1 aromatic heterocycles. The third-order valence-electron chi connectivity index (χ3n) is 2.95. The lowest BCUT2D eigenvalue weighted by atomic mass is 10.3. The zero-order valence-corrected chi connectivity index (χ0v) is 13.9. The molecule has 0 aliphatic carbocycles. The van der Waals surface area contributed by atoms with Gasteiger partial charge in [0.15, 0.2) is 4.80 Å². The highest BCUT2D eigenvalue weighted by Crippen LogP contribution is 2.18. The maximum absolute atomic E-state index is 9.10. The number of thiazole rings is 1. The van der Waals surface area contributed by atoms with E-state index in [2.05, 4.69) is 22.6 Å². The van der Waals surface area contributed by atoms with Crippen molar-refractivity contribution in [3.8, 4) is 11.8 Å². The molecule has 0 N–H and O–H groups in total. The van der Waals surface area contributed by atoms with E-state index in [0.717, 1.165) is 33.4 Å². The van der Waals surface area contributed by atoms with Crippen LogP contribution in [0.1, 0.15) is 24.4 Å². The molecular formula is C15H18ClN3OS. The van der Waals surface area contributed by atoms with E-state index < -0.39 is 0 Å². The molecule has 21 heavy (non-hydrogen) atoms. The van der Waals surface area contributed by atoms with Gasteiger partial charge in [-0.2, -0.15) is 5.26 Å². The van der Waals surface area contributed by atoms with Gasteiger partial charge < -0.3 is 9.30 Å². The highest BCUT2D eigenvalue weighted by Gasteiger charge is 2.07. The largest absolute Gasteiger partial charge is 0.494 e. The van der Waals surface area contributed by atoms with Crippen molar-refractivity contribution in [2.75, 3.05) is 6.61 Å². The summed E-state index contributed by atoms with van der Waals surface area (Å²) < 4.78 is 7.46. The number of ether oxygens (including phenoxy) is 1. The predicted molar refractivity (Wildman–Crippen MR) is 87.5 cm³/mol. The van der Waals surface area contributed by atoms with E-state index in [1.807, 2.05) is 38.1 Å². The fraction of sp³-hybridized carbons (Fsp3) is 0.333. The Hall–Kier alpha value is -1.77. The summed E-state index contributed by atoms with van der Waals surface area (Å²) >= 11 is 1.42. The van der Waals surface area contributed by atoms with Crippen molar-refractivity contribution in [1.82, 2.24) is 4.57 Å². The minimum absolute atomic E-state index is 0. The number of benzene rings is 1. The molecule has 0 unspecified atom stereocenters. The van der Waals surface area contributed by atoms with Crippen LogP contribution < -0.4 is 9.54 Å². The first-order valence-corrected chi connectivity index (χ1v) is 7.39. The Morgan fingerprint density at radius 2 is 1.95 bits per heavy atom. The normalized spacial score (nSPS) is 10.9. The van der Waals surface area contributed by atoms with Crippen molar-refractivity contribution in [3.05, 3.63) is 39.6 Å². The lowest BCUT2D eigenvalue weighted by Gasteiger charge is -2.03. The molecule has 0 radical (unpaired) electrons. The summed E-state index contributed by atoms with van der Waals surface area (Å²) in [5, 5.41) is 9.10. The van der Waals surface area contributed by atoms with Crippen LogP contribution in [-0.2, 0) is 6.54 Å². The van der Waals surface area contributed by atoms with Crippen LogP contribution in [0.15, 0.2) is 29.3 Å². The molecule has 0 fully saturated rings. The van der Waals surface area contributed by atoms with Gasteiger partial charge in [-0.05, 0) is 45.0 Å². The number of nitrogens with zero attached hydrogens (tertiary/aromatic N) is 3. The molecule has 1 aromatic carbocycles. The Morgan fingerprint density at radius 3 is 2.48 bits per heavy atom. The second-order valence-corrected chi connectivity index (χ2v) is 5.17. The SMILES string of the molecule is CCOc1ccc(/N=c2/sc(C#N)c(C)n2CC)cc1.Cl. The van der Waals surface area contributed by atoms with E-state index in [4.69, 9.17) is 10.00 Å². The highest BCUT2D eigenvalue weighted by molar-refractivity contribution is 7.09. The van der Waals surface area contributed by atoms with Crippen molar-refractivity contribution >= 4 is 29.4 Å². The second-order valence-electron chi connectivity index (χ2n) is 4.19. The summed E-state index contributed by atoms with van der Waals surface area (Å²) in [6.45, 7) is 7.43. The number of halogens is 1. The third kappa shape index (κ3) is 3.87. The molecule has 0 atom stereocenters. The summed E-state index contributed by atoms with van der Waals surface area (Å²) in [7, 11) is 0. The molecule has 2 rings (SSSR count). The van der Waals surface area contributed by atoms with Gasteiger partial charge in [-0.1, -0.05) is 11.3 Å². The molecule has 0 amide bonds. The van der Waals surface area contributed by atoms with Crippen LogP contribution >= 0.6 is 23.7 Å². The molecule has 0 aliphatic heterocycles. The average Bonchev–Trinajstić information content (AvgIpc) is 2.76. The summed E-state index contributed by atoms with van der Waals surface area (Å²) in [5.74, 6) is 0.842. The van der Waals surface area contributed by atoms with Gasteiger partial charge in [0.05, 0.1) is 12.3 Å². The molecule has 0 bridgehead atoms. The van der Waals surface area contributed by atoms with Gasteiger partial charge in [0.1, 0.15) is 16.7 Å². The van der Waals surface area contributed by atoms with Crippen molar-refractivity contribution in [2.24, 2.45) is 4.99 Å². The van der Waals surface area contributed by atoms with E-state index >= 15 is 0 Å². The van der Waals surface area contributed by atoms with Crippen molar-refractivity contribution in [3.63, 3.8) is 0 Å². The summed E-state index contributed by atoms with van der Waals surface area (Å²) in [6, 6.07) is 9.88. The number of aromatic nitrogens is 1. The van der Waals surface area contributed by atoms with Crippen LogP contribution in [-0.4, -0.2) is 11.2 Å². The average molecular weight is 324 g/mol. The molecule has 4 nitrogen and oxygen atoms in total. The molecule has 0 saturated heterocycles. The molecular weight excluding hydrogens is 306 g/mol. The Labute approximate surface area is 134 Å². The highest BCUT2D eigenvalue weighted by atomic mass is 35.5. The Kier molecular flexibility index (Phi) is 6.47. The topological polar surface area (TPSA) is 50.3 Å². The zero-order valence-electron chi connectivity index (χ0n) is 12.3. The van der Waals surface area contributed by atoms with Crippen molar-refractivity contribution < 1.29 is 4.74 Å². The van der Waals surface area contributed by atoms with Crippen molar-refractivity contribution in [1.29, 1.82) is 5.26 Å². The molecule has 0 saturated carbocycles. The van der Waals surface area contributed by atoms with Gasteiger partial charge in [0, 0.05) is 12.2 Å². The first-order chi connectivity index (χ1) is 9.69. The van der Waals surface area contributed by atoms with E-state index in [-0.39, 0.29) is 12.4 Å². The van der Waals surface area contributed by atoms with E-state index in [1.54, 1.807) is 0 Å². The van der Waals surface area contributed by atoms with Crippen LogP contribution in [0, 0.1) is 18.3 Å². The second kappa shape index (κ2) is 7.87. The van der Waals surface area contributed by atoms with E-state index in [0.29, 0.717) is 6.61 Å².